The summed E-state index contributed by atoms with van der Waals surface area (Å²) in [5.41, 5.74) is 0. The van der Waals surface area contributed by atoms with Crippen LogP contribution < -0.4 is 0 Å². The van der Waals surface area contributed by atoms with Gasteiger partial charge in [-0.25, -0.2) is 8.42 Å². The first kappa shape index (κ1) is 7.75. The Labute approximate surface area is 67.0 Å². The Bertz CT molecular complexity index is 304. The van der Waals surface area contributed by atoms with Crippen molar-refractivity contribution in [2.75, 3.05) is 0 Å². The molecule has 0 bridgehead atoms. The second-order valence-electron chi connectivity index (χ2n) is 1.75. The Morgan fingerprint density at radius 1 is 1.10 bits per heavy atom. The minimum absolute atomic E-state index is 0.287. The van der Waals surface area contributed by atoms with Crippen LogP contribution in [0.5, 0.6) is 0 Å². The van der Waals surface area contributed by atoms with Gasteiger partial charge in [0.15, 0.2) is 0 Å². The van der Waals surface area contributed by atoms with E-state index in [0.717, 1.165) is 0 Å². The lowest BCUT2D eigenvalue weighted by Gasteiger charge is -1.91. The van der Waals surface area contributed by atoms with Crippen LogP contribution in [0, 0.1) is 0 Å². The van der Waals surface area contributed by atoms with Crippen LogP contribution in [0.4, 0.5) is 0 Å². The Hall–Kier alpha value is -0.350. The summed E-state index contributed by atoms with van der Waals surface area (Å²) in [6.45, 7) is 0. The van der Waals surface area contributed by atoms with Crippen LogP contribution in [0.25, 0.3) is 0 Å². The first-order chi connectivity index (χ1) is 4.61. The molecule has 0 unspecified atom stereocenters. The average molecular weight is 221 g/mol. The molecule has 0 aliphatic rings. The minimum Gasteiger partial charge on any atom is -0.212 e. The van der Waals surface area contributed by atoms with Gasteiger partial charge in [-0.1, -0.05) is 18.2 Å². The van der Waals surface area contributed by atoms with Crippen LogP contribution in [0.2, 0.25) is 0 Å². The highest BCUT2D eigenvalue weighted by Crippen LogP contribution is 2.14. The summed E-state index contributed by atoms with van der Waals surface area (Å²) in [4.78, 5) is 0.287. The number of benzene rings is 1. The van der Waals surface area contributed by atoms with E-state index in [0.29, 0.717) is 0 Å². The highest BCUT2D eigenvalue weighted by atomic mass is 79.9. The van der Waals surface area contributed by atoms with Crippen molar-refractivity contribution in [1.82, 2.24) is 0 Å². The SMILES string of the molecule is O=S(=O)(Br)c1ccccc1. The van der Waals surface area contributed by atoms with Gasteiger partial charge in [-0.2, -0.15) is 0 Å². The van der Waals surface area contributed by atoms with E-state index in [1.165, 1.54) is 12.1 Å². The van der Waals surface area contributed by atoms with E-state index >= 15 is 0 Å². The minimum atomic E-state index is -3.19. The van der Waals surface area contributed by atoms with Crippen molar-refractivity contribution < 1.29 is 8.42 Å². The van der Waals surface area contributed by atoms with Crippen molar-refractivity contribution in [1.29, 1.82) is 0 Å². The summed E-state index contributed by atoms with van der Waals surface area (Å²) < 4.78 is 21.5. The largest absolute Gasteiger partial charge is 0.237 e. The third-order valence-corrected chi connectivity index (χ3v) is 2.98. The highest BCUT2D eigenvalue weighted by molar-refractivity contribution is 9.47. The lowest BCUT2D eigenvalue weighted by Crippen LogP contribution is -1.86. The quantitative estimate of drug-likeness (QED) is 0.677. The predicted octanol–water partition coefficient (Wildman–Crippen LogP) is 1.77. The fourth-order valence-corrected chi connectivity index (χ4v) is 1.71. The third-order valence-electron chi connectivity index (χ3n) is 1.02. The molecule has 54 valence electrons. The van der Waals surface area contributed by atoms with Gasteiger partial charge in [-0.3, -0.25) is 0 Å². The van der Waals surface area contributed by atoms with E-state index in [1.807, 2.05) is 0 Å². The molecular weight excluding hydrogens is 216 g/mol. The lowest BCUT2D eigenvalue weighted by molar-refractivity contribution is 0.611. The smallest absolute Gasteiger partial charge is 0.212 e. The summed E-state index contributed by atoms with van der Waals surface area (Å²) in [7, 11) is -3.19. The van der Waals surface area contributed by atoms with Gasteiger partial charge < -0.3 is 0 Å². The van der Waals surface area contributed by atoms with E-state index in [9.17, 15) is 8.42 Å². The summed E-state index contributed by atoms with van der Waals surface area (Å²) in [6.07, 6.45) is 0. The molecule has 0 aliphatic heterocycles. The summed E-state index contributed by atoms with van der Waals surface area (Å²) in [5, 5.41) is 0. The van der Waals surface area contributed by atoms with Gasteiger partial charge in [0.25, 0.3) is 0 Å². The molecule has 0 N–H and O–H groups in total. The van der Waals surface area contributed by atoms with Crippen LogP contribution in [0.3, 0.4) is 0 Å². The zero-order chi connectivity index (χ0) is 7.61. The first-order valence-corrected chi connectivity index (χ1v) is 5.93. The van der Waals surface area contributed by atoms with Gasteiger partial charge >= 0.3 is 0 Å². The Balaban J connectivity index is 3.22. The first-order valence-electron chi connectivity index (χ1n) is 2.60. The Kier molecular flexibility index (Phi) is 2.11. The molecule has 0 saturated carbocycles. The summed E-state index contributed by atoms with van der Waals surface area (Å²) in [6, 6.07) is 8.18. The Morgan fingerprint density at radius 2 is 1.60 bits per heavy atom. The van der Waals surface area contributed by atoms with Gasteiger partial charge in [0.1, 0.15) is 0 Å². The maximum Gasteiger partial charge on any atom is 0.237 e. The standard InChI is InChI=1S/C6H5BrO2S/c7-10(8,9)6-4-2-1-3-5-6/h1-5H. The number of rotatable bonds is 1. The molecule has 0 fully saturated rings. The predicted molar refractivity (Wildman–Crippen MR) is 42.6 cm³/mol. The van der Waals surface area contributed by atoms with Gasteiger partial charge in [0, 0.05) is 0 Å². The molecule has 1 rings (SSSR count). The van der Waals surface area contributed by atoms with Crippen molar-refractivity contribution in [2.24, 2.45) is 0 Å². The molecule has 1 aromatic carbocycles. The lowest BCUT2D eigenvalue weighted by atomic mass is 10.4. The summed E-state index contributed by atoms with van der Waals surface area (Å²) >= 11 is 2.56. The third kappa shape index (κ3) is 1.82. The molecule has 2 nitrogen and oxygen atoms in total. The maximum atomic E-state index is 10.7. The van der Waals surface area contributed by atoms with Crippen molar-refractivity contribution in [3.63, 3.8) is 0 Å². The van der Waals surface area contributed by atoms with E-state index in [2.05, 4.69) is 14.8 Å². The number of hydrogen-bond donors (Lipinski definition) is 0. The van der Waals surface area contributed by atoms with E-state index in [1.54, 1.807) is 18.2 Å². The number of hydrogen-bond acceptors (Lipinski definition) is 2. The summed E-state index contributed by atoms with van der Waals surface area (Å²) in [5.74, 6) is 0. The van der Waals surface area contributed by atoms with E-state index in [-0.39, 0.29) is 4.90 Å². The second-order valence-corrected chi connectivity index (χ2v) is 5.66. The molecule has 0 saturated heterocycles. The molecule has 0 aromatic heterocycles. The Morgan fingerprint density at radius 3 is 1.90 bits per heavy atom. The zero-order valence-electron chi connectivity index (χ0n) is 4.99. The monoisotopic (exact) mass is 220 g/mol. The second kappa shape index (κ2) is 2.72. The molecule has 1 aromatic rings. The van der Waals surface area contributed by atoms with Gasteiger partial charge in [-0.15, -0.1) is 0 Å². The van der Waals surface area contributed by atoms with Gasteiger partial charge in [-0.05, 0) is 12.1 Å². The fraction of sp³-hybridized carbons (Fsp3) is 0. The molecule has 0 heterocycles. The van der Waals surface area contributed by atoms with Crippen molar-refractivity contribution in [2.45, 2.75) is 4.90 Å². The molecule has 10 heavy (non-hydrogen) atoms. The molecule has 0 radical (unpaired) electrons. The fourth-order valence-electron chi connectivity index (χ4n) is 0.583. The van der Waals surface area contributed by atoms with Crippen LogP contribution >= 0.6 is 14.8 Å². The normalized spacial score (nSPS) is 11.3. The molecule has 0 amide bonds. The number of halogens is 1. The highest BCUT2D eigenvalue weighted by Gasteiger charge is 2.05. The maximum absolute atomic E-state index is 10.7. The van der Waals surface area contributed by atoms with Gasteiger partial charge in [0.05, 0.1) is 19.7 Å². The van der Waals surface area contributed by atoms with Crippen molar-refractivity contribution in [3.05, 3.63) is 30.3 Å². The van der Waals surface area contributed by atoms with Crippen molar-refractivity contribution in [3.8, 4) is 0 Å². The van der Waals surface area contributed by atoms with E-state index < -0.39 is 8.27 Å². The zero-order valence-corrected chi connectivity index (χ0v) is 7.39. The van der Waals surface area contributed by atoms with Crippen LogP contribution in [0.15, 0.2) is 35.2 Å². The van der Waals surface area contributed by atoms with Crippen molar-refractivity contribution >= 4 is 23.1 Å². The molecule has 0 aliphatic carbocycles. The van der Waals surface area contributed by atoms with Gasteiger partial charge in [0.2, 0.25) is 8.27 Å². The molecular formula is C6H5BrO2S. The van der Waals surface area contributed by atoms with Crippen LogP contribution in [-0.2, 0) is 8.27 Å². The van der Waals surface area contributed by atoms with Crippen LogP contribution in [0.1, 0.15) is 0 Å². The average Bonchev–Trinajstić information content (AvgIpc) is 1.88. The van der Waals surface area contributed by atoms with Crippen LogP contribution in [-0.4, -0.2) is 8.42 Å². The van der Waals surface area contributed by atoms with E-state index in [4.69, 9.17) is 0 Å². The topological polar surface area (TPSA) is 34.1 Å². The molecule has 0 spiro atoms. The molecule has 4 heteroatoms. The molecule has 0 atom stereocenters.